The first-order valence-corrected chi connectivity index (χ1v) is 9.52. The van der Waals surface area contributed by atoms with Crippen molar-refractivity contribution in [3.8, 4) is 5.75 Å². The lowest BCUT2D eigenvalue weighted by Crippen LogP contribution is -2.27. The average Bonchev–Trinajstić information content (AvgIpc) is 2.85. The molecule has 6 nitrogen and oxygen atoms in total. The number of hydrogen-bond donors (Lipinski definition) is 1. The predicted molar refractivity (Wildman–Crippen MR) is 95.2 cm³/mol. The van der Waals surface area contributed by atoms with E-state index in [9.17, 15) is 13.2 Å². The molecule has 1 aromatic heterocycles. The number of carbonyl (C=O) groups excluding carboxylic acids is 1. The highest BCUT2D eigenvalue weighted by Crippen LogP contribution is 2.27. The zero-order valence-electron chi connectivity index (χ0n) is 14.0. The maximum absolute atomic E-state index is 12.4. The molecule has 2 rings (SSSR count). The van der Waals surface area contributed by atoms with E-state index in [1.807, 2.05) is 6.92 Å². The van der Waals surface area contributed by atoms with Gasteiger partial charge in [0.15, 0.2) is 6.61 Å². The predicted octanol–water partition coefficient (Wildman–Crippen LogP) is 2.63. The van der Waals surface area contributed by atoms with E-state index in [1.54, 1.807) is 51.4 Å². The summed E-state index contributed by atoms with van der Waals surface area (Å²) in [7, 11) is -0.313. The lowest BCUT2D eigenvalue weighted by Gasteiger charge is -2.12. The number of anilines is 1. The number of thiophene rings is 1. The molecular formula is C16H20N2O4S2. The van der Waals surface area contributed by atoms with Crippen LogP contribution in [-0.4, -0.2) is 39.9 Å². The van der Waals surface area contributed by atoms with Crippen LogP contribution in [0, 0.1) is 13.8 Å². The molecule has 2 aromatic rings. The largest absolute Gasteiger partial charge is 0.484 e. The van der Waals surface area contributed by atoms with Gasteiger partial charge in [-0.1, -0.05) is 0 Å². The van der Waals surface area contributed by atoms with Crippen molar-refractivity contribution in [1.29, 1.82) is 0 Å². The Hall–Kier alpha value is -2.06. The molecule has 0 bridgehead atoms. The van der Waals surface area contributed by atoms with Crippen LogP contribution in [0.1, 0.15) is 9.75 Å². The Labute approximate surface area is 146 Å². The smallest absolute Gasteiger partial charge is 0.262 e. The van der Waals surface area contributed by atoms with Gasteiger partial charge in [0, 0.05) is 29.5 Å². The number of carbonyl (C=O) groups is 1. The Morgan fingerprint density at radius 1 is 1.21 bits per heavy atom. The van der Waals surface area contributed by atoms with Crippen LogP contribution in [0.15, 0.2) is 35.2 Å². The number of rotatable bonds is 6. The highest BCUT2D eigenvalue weighted by atomic mass is 32.2. The number of ether oxygens (including phenoxy) is 1. The van der Waals surface area contributed by atoms with E-state index >= 15 is 0 Å². The van der Waals surface area contributed by atoms with E-state index in [1.165, 1.54) is 16.2 Å². The first kappa shape index (κ1) is 18.3. The number of sulfonamides is 1. The number of amides is 1. The van der Waals surface area contributed by atoms with Crippen molar-refractivity contribution in [3.05, 3.63) is 40.1 Å². The maximum atomic E-state index is 12.4. The minimum Gasteiger partial charge on any atom is -0.484 e. The second kappa shape index (κ2) is 7.23. The van der Waals surface area contributed by atoms with Crippen molar-refractivity contribution in [2.75, 3.05) is 25.4 Å². The SMILES string of the molecule is Cc1cc(S(=O)(=O)Nc2ccc(OCC(=O)N(C)C)cc2)c(C)s1. The molecule has 1 amide bonds. The zero-order valence-corrected chi connectivity index (χ0v) is 15.6. The fourth-order valence-electron chi connectivity index (χ4n) is 1.98. The minimum absolute atomic E-state index is 0.0640. The highest BCUT2D eigenvalue weighted by Gasteiger charge is 2.19. The van der Waals surface area contributed by atoms with Gasteiger partial charge in [0.05, 0.1) is 0 Å². The molecule has 0 aliphatic rings. The maximum Gasteiger partial charge on any atom is 0.262 e. The van der Waals surface area contributed by atoms with Gasteiger partial charge in [0.2, 0.25) is 0 Å². The minimum atomic E-state index is -3.61. The molecule has 0 aliphatic carbocycles. The third kappa shape index (κ3) is 4.48. The monoisotopic (exact) mass is 368 g/mol. The van der Waals surface area contributed by atoms with E-state index in [4.69, 9.17) is 4.74 Å². The molecule has 0 aliphatic heterocycles. The summed E-state index contributed by atoms with van der Waals surface area (Å²) in [6.07, 6.45) is 0. The molecule has 0 atom stereocenters. The second-order valence-electron chi connectivity index (χ2n) is 5.48. The summed E-state index contributed by atoms with van der Waals surface area (Å²) >= 11 is 1.45. The van der Waals surface area contributed by atoms with Crippen LogP contribution in [0.5, 0.6) is 5.75 Å². The Morgan fingerprint density at radius 3 is 2.33 bits per heavy atom. The van der Waals surface area contributed by atoms with Crippen molar-refractivity contribution < 1.29 is 17.9 Å². The molecule has 0 unspecified atom stereocenters. The number of likely N-dealkylation sites (N-methyl/N-ethyl adjacent to an activating group) is 1. The Balaban J connectivity index is 2.06. The van der Waals surface area contributed by atoms with Gasteiger partial charge >= 0.3 is 0 Å². The van der Waals surface area contributed by atoms with Gasteiger partial charge in [-0.25, -0.2) is 8.42 Å². The van der Waals surface area contributed by atoms with Crippen molar-refractivity contribution in [2.45, 2.75) is 18.7 Å². The topological polar surface area (TPSA) is 75.7 Å². The van der Waals surface area contributed by atoms with Crippen LogP contribution in [0.2, 0.25) is 0 Å². The summed E-state index contributed by atoms with van der Waals surface area (Å²) < 4.78 is 32.8. The van der Waals surface area contributed by atoms with E-state index in [-0.39, 0.29) is 12.5 Å². The van der Waals surface area contributed by atoms with Gasteiger partial charge in [0.25, 0.3) is 15.9 Å². The highest BCUT2D eigenvalue weighted by molar-refractivity contribution is 7.93. The van der Waals surface area contributed by atoms with Gasteiger partial charge in [-0.05, 0) is 44.2 Å². The molecule has 1 heterocycles. The van der Waals surface area contributed by atoms with Crippen molar-refractivity contribution in [3.63, 3.8) is 0 Å². The van der Waals surface area contributed by atoms with Gasteiger partial charge in [-0.2, -0.15) is 0 Å². The molecule has 130 valence electrons. The molecule has 1 N–H and O–H groups in total. The van der Waals surface area contributed by atoms with Gasteiger partial charge in [0.1, 0.15) is 10.6 Å². The van der Waals surface area contributed by atoms with Crippen molar-refractivity contribution in [1.82, 2.24) is 4.90 Å². The van der Waals surface area contributed by atoms with E-state index in [0.29, 0.717) is 16.3 Å². The van der Waals surface area contributed by atoms with Crippen molar-refractivity contribution in [2.24, 2.45) is 0 Å². The summed E-state index contributed by atoms with van der Waals surface area (Å²) in [4.78, 5) is 14.9. The fraction of sp³-hybridized carbons (Fsp3) is 0.312. The first-order valence-electron chi connectivity index (χ1n) is 7.22. The number of benzene rings is 1. The van der Waals surface area contributed by atoms with E-state index < -0.39 is 10.0 Å². The molecule has 0 saturated heterocycles. The van der Waals surface area contributed by atoms with E-state index in [0.717, 1.165) is 9.75 Å². The third-order valence-corrected chi connectivity index (χ3v) is 5.86. The van der Waals surface area contributed by atoms with Crippen LogP contribution >= 0.6 is 11.3 Å². The lowest BCUT2D eigenvalue weighted by molar-refractivity contribution is -0.130. The lowest BCUT2D eigenvalue weighted by atomic mass is 10.3. The first-order chi connectivity index (χ1) is 11.2. The molecule has 1 aromatic carbocycles. The fourth-order valence-corrected chi connectivity index (χ4v) is 4.59. The number of nitrogens with one attached hydrogen (secondary N) is 1. The van der Waals surface area contributed by atoms with Crippen LogP contribution in [0.3, 0.4) is 0 Å². The summed E-state index contributed by atoms with van der Waals surface area (Å²) in [6.45, 7) is 3.59. The van der Waals surface area contributed by atoms with Crippen LogP contribution < -0.4 is 9.46 Å². The molecule has 24 heavy (non-hydrogen) atoms. The van der Waals surface area contributed by atoms with Gasteiger partial charge < -0.3 is 9.64 Å². The second-order valence-corrected chi connectivity index (χ2v) is 8.60. The molecule has 0 radical (unpaired) electrons. The summed E-state index contributed by atoms with van der Waals surface area (Å²) in [5, 5.41) is 0. The number of aryl methyl sites for hydroxylation is 2. The Kier molecular flexibility index (Phi) is 5.51. The molecular weight excluding hydrogens is 348 g/mol. The number of nitrogens with zero attached hydrogens (tertiary/aromatic N) is 1. The van der Waals surface area contributed by atoms with Crippen LogP contribution in [0.4, 0.5) is 5.69 Å². The van der Waals surface area contributed by atoms with E-state index in [2.05, 4.69) is 4.72 Å². The standard InChI is InChI=1S/C16H20N2O4S2/c1-11-9-15(12(2)23-11)24(20,21)17-13-5-7-14(8-6-13)22-10-16(19)18(3)4/h5-9,17H,10H2,1-4H3. The quantitative estimate of drug-likeness (QED) is 0.850. The molecule has 0 fully saturated rings. The Bertz CT molecular complexity index is 824. The Morgan fingerprint density at radius 2 is 1.83 bits per heavy atom. The van der Waals surface area contributed by atoms with Crippen molar-refractivity contribution >= 4 is 33.0 Å². The van der Waals surface area contributed by atoms with Crippen LogP contribution in [0.25, 0.3) is 0 Å². The number of hydrogen-bond acceptors (Lipinski definition) is 5. The average molecular weight is 368 g/mol. The third-order valence-electron chi connectivity index (χ3n) is 3.25. The van der Waals surface area contributed by atoms with Gasteiger partial charge in [-0.3, -0.25) is 9.52 Å². The molecule has 8 heteroatoms. The summed E-state index contributed by atoms with van der Waals surface area (Å²) in [5.41, 5.74) is 0.435. The normalized spacial score (nSPS) is 11.2. The zero-order chi connectivity index (χ0) is 17.9. The molecule has 0 spiro atoms. The van der Waals surface area contributed by atoms with Gasteiger partial charge in [-0.15, -0.1) is 11.3 Å². The molecule has 0 saturated carbocycles. The summed E-state index contributed by atoms with van der Waals surface area (Å²) in [6, 6.07) is 8.09. The summed E-state index contributed by atoms with van der Waals surface area (Å²) in [5.74, 6) is 0.346. The van der Waals surface area contributed by atoms with Crippen LogP contribution in [-0.2, 0) is 14.8 Å².